The van der Waals surface area contributed by atoms with E-state index in [0.29, 0.717) is 25.4 Å². The van der Waals surface area contributed by atoms with Gasteiger partial charge in [-0.3, -0.25) is 9.59 Å². The number of para-hydroxylation sites is 2. The van der Waals surface area contributed by atoms with Crippen LogP contribution in [0.2, 0.25) is 0 Å². The molecule has 0 fully saturated rings. The van der Waals surface area contributed by atoms with Gasteiger partial charge in [-0.05, 0) is 36.8 Å². The van der Waals surface area contributed by atoms with Crippen molar-refractivity contribution in [2.45, 2.75) is 13.0 Å². The molecular weight excluding hydrogens is 358 g/mol. The van der Waals surface area contributed by atoms with Gasteiger partial charge in [-0.15, -0.1) is 0 Å². The monoisotopic (exact) mass is 383 g/mol. The van der Waals surface area contributed by atoms with E-state index in [4.69, 9.17) is 9.47 Å². The van der Waals surface area contributed by atoms with Crippen LogP contribution in [0.3, 0.4) is 0 Å². The number of carbonyl (C=O) groups is 2. The summed E-state index contributed by atoms with van der Waals surface area (Å²) in [6.07, 6.45) is -0.655. The molecule has 0 bridgehead atoms. The summed E-state index contributed by atoms with van der Waals surface area (Å²) in [5.74, 6) is 1.02. The van der Waals surface area contributed by atoms with Gasteiger partial charge in [-0.25, -0.2) is 0 Å². The minimum absolute atomic E-state index is 0.137. The molecule has 2 N–H and O–H groups in total. The number of ether oxygens (including phenoxy) is 2. The summed E-state index contributed by atoms with van der Waals surface area (Å²) in [5.41, 5.74) is 1.92. The molecule has 7 nitrogen and oxygen atoms in total. The van der Waals surface area contributed by atoms with Gasteiger partial charge in [0.2, 0.25) is 5.91 Å². The minimum Gasteiger partial charge on any atom is -0.492 e. The van der Waals surface area contributed by atoms with Crippen LogP contribution in [-0.2, 0) is 9.59 Å². The maximum absolute atomic E-state index is 12.4. The highest BCUT2D eigenvalue weighted by Crippen LogP contribution is 2.32. The summed E-state index contributed by atoms with van der Waals surface area (Å²) in [5, 5.41) is 5.45. The molecule has 0 unspecified atom stereocenters. The number of hydrogen-bond donors (Lipinski definition) is 2. The Morgan fingerprint density at radius 1 is 1.21 bits per heavy atom. The van der Waals surface area contributed by atoms with E-state index >= 15 is 0 Å². The molecule has 0 aromatic heterocycles. The predicted molar refractivity (Wildman–Crippen MR) is 107 cm³/mol. The summed E-state index contributed by atoms with van der Waals surface area (Å²) >= 11 is 0. The molecule has 0 saturated heterocycles. The average Bonchev–Trinajstić information content (AvgIpc) is 2.70. The van der Waals surface area contributed by atoms with E-state index < -0.39 is 6.10 Å². The summed E-state index contributed by atoms with van der Waals surface area (Å²) in [6.45, 7) is 3.23. The number of rotatable bonds is 7. The van der Waals surface area contributed by atoms with Gasteiger partial charge in [0, 0.05) is 7.05 Å². The Hall–Kier alpha value is -3.22. The van der Waals surface area contributed by atoms with Crippen LogP contribution in [0.15, 0.2) is 48.5 Å². The lowest BCUT2D eigenvalue weighted by molar-refractivity contribution is -0.127. The Bertz CT molecular complexity index is 840. The first-order chi connectivity index (χ1) is 13.6. The first-order valence-electron chi connectivity index (χ1n) is 9.25. The molecule has 2 aromatic rings. The number of fused-ring (bicyclic) bond motifs is 1. The van der Waals surface area contributed by atoms with E-state index in [2.05, 4.69) is 10.6 Å². The molecule has 1 atom stereocenters. The fourth-order valence-corrected chi connectivity index (χ4v) is 3.05. The Labute approximate surface area is 164 Å². The normalized spacial score (nSPS) is 15.2. The van der Waals surface area contributed by atoms with Gasteiger partial charge in [0.25, 0.3) is 5.91 Å². The Kier molecular flexibility index (Phi) is 6.37. The number of likely N-dealkylation sites (N-methyl/N-ethyl adjacent to an activating group) is 1. The van der Waals surface area contributed by atoms with Crippen LogP contribution >= 0.6 is 0 Å². The second-order valence-corrected chi connectivity index (χ2v) is 6.58. The van der Waals surface area contributed by atoms with Crippen molar-refractivity contribution in [3.63, 3.8) is 0 Å². The maximum Gasteiger partial charge on any atom is 0.262 e. The second kappa shape index (κ2) is 9.12. The molecule has 28 heavy (non-hydrogen) atoms. The molecule has 1 aliphatic heterocycles. The lowest BCUT2D eigenvalue weighted by atomic mass is 10.1. The van der Waals surface area contributed by atoms with Gasteiger partial charge in [-0.1, -0.05) is 24.3 Å². The fourth-order valence-electron chi connectivity index (χ4n) is 3.05. The number of amides is 2. The van der Waals surface area contributed by atoms with E-state index in [0.717, 1.165) is 17.0 Å². The van der Waals surface area contributed by atoms with Gasteiger partial charge in [0.05, 0.1) is 25.3 Å². The maximum atomic E-state index is 12.4. The van der Waals surface area contributed by atoms with Gasteiger partial charge in [0.15, 0.2) is 6.10 Å². The van der Waals surface area contributed by atoms with Gasteiger partial charge >= 0.3 is 0 Å². The van der Waals surface area contributed by atoms with E-state index in [9.17, 15) is 9.59 Å². The zero-order valence-corrected chi connectivity index (χ0v) is 16.1. The Balaban J connectivity index is 1.53. The van der Waals surface area contributed by atoms with Crippen LogP contribution in [0.5, 0.6) is 11.5 Å². The largest absolute Gasteiger partial charge is 0.492 e. The number of benzene rings is 2. The van der Waals surface area contributed by atoms with Gasteiger partial charge in [0.1, 0.15) is 18.1 Å². The molecule has 7 heteroatoms. The van der Waals surface area contributed by atoms with Crippen LogP contribution in [0.4, 0.5) is 5.69 Å². The lowest BCUT2D eigenvalue weighted by Crippen LogP contribution is -2.50. The van der Waals surface area contributed by atoms with E-state index in [1.165, 1.54) is 0 Å². The molecule has 148 valence electrons. The van der Waals surface area contributed by atoms with E-state index in [-0.39, 0.29) is 18.4 Å². The van der Waals surface area contributed by atoms with Crippen LogP contribution in [0, 0.1) is 6.92 Å². The summed E-state index contributed by atoms with van der Waals surface area (Å²) < 4.78 is 11.4. The average molecular weight is 383 g/mol. The molecule has 3 rings (SSSR count). The van der Waals surface area contributed by atoms with Crippen molar-refractivity contribution in [3.05, 3.63) is 54.1 Å². The van der Waals surface area contributed by atoms with Gasteiger partial charge in [-0.2, -0.15) is 0 Å². The predicted octanol–water partition coefficient (Wildman–Crippen LogP) is 1.50. The Morgan fingerprint density at radius 3 is 2.82 bits per heavy atom. The fraction of sp³-hybridized carbons (Fsp3) is 0.333. The van der Waals surface area contributed by atoms with Crippen molar-refractivity contribution in [1.29, 1.82) is 0 Å². The highest BCUT2D eigenvalue weighted by atomic mass is 16.5. The van der Waals surface area contributed by atoms with E-state index in [1.807, 2.05) is 54.3 Å². The van der Waals surface area contributed by atoms with E-state index in [1.54, 1.807) is 13.1 Å². The van der Waals surface area contributed by atoms with Crippen molar-refractivity contribution in [2.75, 3.05) is 38.2 Å². The van der Waals surface area contributed by atoms with Crippen LogP contribution < -0.4 is 25.0 Å². The number of anilines is 1. The molecule has 1 aliphatic rings. The Morgan fingerprint density at radius 2 is 2.04 bits per heavy atom. The number of aryl methyl sites for hydroxylation is 1. The van der Waals surface area contributed by atoms with Crippen LogP contribution in [0.1, 0.15) is 5.56 Å². The van der Waals surface area contributed by atoms with Crippen LogP contribution in [0.25, 0.3) is 0 Å². The van der Waals surface area contributed by atoms with Crippen molar-refractivity contribution >= 4 is 17.5 Å². The molecule has 0 saturated carbocycles. The highest BCUT2D eigenvalue weighted by molar-refractivity contribution is 5.86. The lowest BCUT2D eigenvalue weighted by Gasteiger charge is -2.34. The minimum atomic E-state index is -0.655. The topological polar surface area (TPSA) is 79.9 Å². The molecule has 0 radical (unpaired) electrons. The third-order valence-corrected chi connectivity index (χ3v) is 4.42. The molecular formula is C21H25N3O4. The van der Waals surface area contributed by atoms with Gasteiger partial charge < -0.3 is 25.0 Å². The van der Waals surface area contributed by atoms with Crippen molar-refractivity contribution < 1.29 is 19.1 Å². The standard InChI is InChI=1S/C21H25N3O4/c1-15-6-5-7-16(12-15)27-11-10-23-20(25)14-24-13-19(21(26)22-2)28-18-9-4-3-8-17(18)24/h3-9,12,19H,10-11,13-14H2,1-2H3,(H,22,26)(H,23,25)/t19-/m0/s1. The van der Waals surface area contributed by atoms with Crippen molar-refractivity contribution in [1.82, 2.24) is 10.6 Å². The summed E-state index contributed by atoms with van der Waals surface area (Å²) in [6, 6.07) is 15.2. The summed E-state index contributed by atoms with van der Waals surface area (Å²) in [4.78, 5) is 26.2. The number of hydrogen-bond acceptors (Lipinski definition) is 5. The van der Waals surface area contributed by atoms with Crippen LogP contribution in [-0.4, -0.2) is 51.2 Å². The second-order valence-electron chi connectivity index (χ2n) is 6.58. The van der Waals surface area contributed by atoms with Crippen molar-refractivity contribution in [2.24, 2.45) is 0 Å². The molecule has 0 spiro atoms. The third-order valence-electron chi connectivity index (χ3n) is 4.42. The zero-order chi connectivity index (χ0) is 19.9. The highest BCUT2D eigenvalue weighted by Gasteiger charge is 2.30. The van der Waals surface area contributed by atoms with Crippen molar-refractivity contribution in [3.8, 4) is 11.5 Å². The first-order valence-corrected chi connectivity index (χ1v) is 9.25. The quantitative estimate of drug-likeness (QED) is 0.709. The number of nitrogens with zero attached hydrogens (tertiary/aromatic N) is 1. The smallest absolute Gasteiger partial charge is 0.262 e. The molecule has 2 amide bonds. The molecule has 2 aromatic carbocycles. The molecule has 0 aliphatic carbocycles. The molecule has 1 heterocycles. The SMILES string of the molecule is CNC(=O)[C@@H]1CN(CC(=O)NCCOc2cccc(C)c2)c2ccccc2O1. The number of carbonyl (C=O) groups excluding carboxylic acids is 2. The first kappa shape index (κ1) is 19.5. The number of nitrogens with one attached hydrogen (secondary N) is 2. The third kappa shape index (κ3) is 4.94. The summed E-state index contributed by atoms with van der Waals surface area (Å²) in [7, 11) is 1.57. The zero-order valence-electron chi connectivity index (χ0n) is 16.1.